The summed E-state index contributed by atoms with van der Waals surface area (Å²) in [6.45, 7) is 5.18. The van der Waals surface area contributed by atoms with Gasteiger partial charge in [-0.05, 0) is 36.6 Å². The third-order valence-electron chi connectivity index (χ3n) is 3.30. The van der Waals surface area contributed by atoms with E-state index in [-0.39, 0.29) is 0 Å². The van der Waals surface area contributed by atoms with Crippen molar-refractivity contribution in [3.05, 3.63) is 77.4 Å². The van der Waals surface area contributed by atoms with Crippen LogP contribution in [0, 0.1) is 13.8 Å². The van der Waals surface area contributed by atoms with E-state index in [2.05, 4.69) is 61.6 Å². The predicted molar refractivity (Wildman–Crippen MR) is 94.1 cm³/mol. The minimum Gasteiger partial charge on any atom is -0.478 e. The number of hydrogen-bond donors (Lipinski definition) is 3. The second-order valence-electron chi connectivity index (χ2n) is 5.10. The zero-order chi connectivity index (χ0) is 17.9. The highest BCUT2D eigenvalue weighted by Gasteiger charge is 1.99. The Morgan fingerprint density at radius 1 is 0.917 bits per heavy atom. The molecule has 0 heterocycles. The Kier molecular flexibility index (Phi) is 7.78. The molecule has 2 aromatic carbocycles. The summed E-state index contributed by atoms with van der Waals surface area (Å²) in [6.07, 6.45) is 1.12. The summed E-state index contributed by atoms with van der Waals surface area (Å²) < 4.78 is 0. The molecule has 0 saturated carbocycles. The lowest BCUT2D eigenvalue weighted by molar-refractivity contribution is -0.134. The number of nitrogens with one attached hydrogen (secondary N) is 1. The van der Waals surface area contributed by atoms with E-state index in [0.717, 1.165) is 6.54 Å². The molecule has 0 aliphatic heterocycles. The molecule has 126 valence electrons. The van der Waals surface area contributed by atoms with Crippen LogP contribution in [0.15, 0.2) is 60.7 Å². The summed E-state index contributed by atoms with van der Waals surface area (Å²) in [5.41, 5.74) is 5.20. The van der Waals surface area contributed by atoms with Crippen LogP contribution in [0.3, 0.4) is 0 Å². The summed E-state index contributed by atoms with van der Waals surface area (Å²) in [5, 5.41) is 19.1. The van der Waals surface area contributed by atoms with Gasteiger partial charge in [0.05, 0.1) is 0 Å². The molecule has 0 unspecified atom stereocenters. The van der Waals surface area contributed by atoms with Crippen molar-refractivity contribution in [2.75, 3.05) is 5.32 Å². The van der Waals surface area contributed by atoms with Gasteiger partial charge in [0.15, 0.2) is 0 Å². The number of aliphatic carboxylic acids is 2. The van der Waals surface area contributed by atoms with Crippen molar-refractivity contribution in [2.24, 2.45) is 0 Å². The maximum atomic E-state index is 9.55. The summed E-state index contributed by atoms with van der Waals surface area (Å²) >= 11 is 0. The van der Waals surface area contributed by atoms with Crippen LogP contribution < -0.4 is 5.32 Å². The van der Waals surface area contributed by atoms with Crippen LogP contribution >= 0.6 is 0 Å². The van der Waals surface area contributed by atoms with Crippen LogP contribution in [0.1, 0.15) is 16.7 Å². The fourth-order valence-corrected chi connectivity index (χ4v) is 1.88. The van der Waals surface area contributed by atoms with Crippen LogP contribution in [0.5, 0.6) is 0 Å². The molecule has 0 amide bonds. The standard InChI is InChI=1S/C15H17N.C4H4O4/c1-12-7-6-10-15(13(12)2)16-11-14-8-4-3-5-9-14;5-3(6)1-2-4(7)8/h3-10,16H,11H2,1-2H3;1-2H,(H,5,6)(H,7,8)/b;2-1-. The Bertz CT molecular complexity index is 693. The Morgan fingerprint density at radius 2 is 1.50 bits per heavy atom. The predicted octanol–water partition coefficient (Wildman–Crippen LogP) is 3.63. The second kappa shape index (κ2) is 9.84. The Balaban J connectivity index is 0.000000307. The molecule has 0 aliphatic carbocycles. The Morgan fingerprint density at radius 3 is 2.04 bits per heavy atom. The molecule has 5 nitrogen and oxygen atoms in total. The maximum Gasteiger partial charge on any atom is 0.328 e. The normalized spacial score (nSPS) is 9.92. The van der Waals surface area contributed by atoms with E-state index >= 15 is 0 Å². The molecule has 0 saturated heterocycles. The Hall–Kier alpha value is -3.08. The van der Waals surface area contributed by atoms with Gasteiger partial charge in [-0.1, -0.05) is 42.5 Å². The number of hydrogen-bond acceptors (Lipinski definition) is 3. The lowest BCUT2D eigenvalue weighted by Crippen LogP contribution is -2.01. The molecule has 0 bridgehead atoms. The van der Waals surface area contributed by atoms with Crippen molar-refractivity contribution in [2.45, 2.75) is 20.4 Å². The lowest BCUT2D eigenvalue weighted by atomic mass is 10.1. The summed E-state index contributed by atoms with van der Waals surface area (Å²) in [7, 11) is 0. The fraction of sp³-hybridized carbons (Fsp3) is 0.158. The van der Waals surface area contributed by atoms with Gasteiger partial charge < -0.3 is 15.5 Å². The molecule has 0 radical (unpaired) electrons. The molecule has 0 spiro atoms. The Labute approximate surface area is 141 Å². The third kappa shape index (κ3) is 7.26. The first-order valence-corrected chi connectivity index (χ1v) is 7.38. The number of aryl methyl sites for hydroxylation is 1. The largest absolute Gasteiger partial charge is 0.478 e. The monoisotopic (exact) mass is 327 g/mol. The molecular weight excluding hydrogens is 306 g/mol. The smallest absolute Gasteiger partial charge is 0.328 e. The number of anilines is 1. The molecular formula is C19H21NO4. The molecule has 0 fully saturated rings. The van der Waals surface area contributed by atoms with Gasteiger partial charge in [-0.2, -0.15) is 0 Å². The number of benzene rings is 2. The van der Waals surface area contributed by atoms with Crippen molar-refractivity contribution in [1.29, 1.82) is 0 Å². The third-order valence-corrected chi connectivity index (χ3v) is 3.30. The molecule has 5 heteroatoms. The molecule has 3 N–H and O–H groups in total. The second-order valence-corrected chi connectivity index (χ2v) is 5.10. The molecule has 0 atom stereocenters. The first-order chi connectivity index (χ1) is 11.4. The summed E-state index contributed by atoms with van der Waals surface area (Å²) in [5.74, 6) is -2.51. The van der Waals surface area contributed by atoms with E-state index in [1.165, 1.54) is 22.4 Å². The van der Waals surface area contributed by atoms with Crippen LogP contribution in [0.25, 0.3) is 0 Å². The first-order valence-electron chi connectivity index (χ1n) is 7.38. The van der Waals surface area contributed by atoms with Gasteiger partial charge in [-0.15, -0.1) is 0 Å². The van der Waals surface area contributed by atoms with Crippen LogP contribution in [0.2, 0.25) is 0 Å². The molecule has 2 rings (SSSR count). The molecule has 2 aromatic rings. The van der Waals surface area contributed by atoms with E-state index < -0.39 is 11.9 Å². The first kappa shape index (κ1) is 19.0. The fourth-order valence-electron chi connectivity index (χ4n) is 1.88. The van der Waals surface area contributed by atoms with Gasteiger partial charge >= 0.3 is 11.9 Å². The summed E-state index contributed by atoms with van der Waals surface area (Å²) in [6, 6.07) is 16.8. The van der Waals surface area contributed by atoms with Crippen molar-refractivity contribution < 1.29 is 19.8 Å². The van der Waals surface area contributed by atoms with Crippen molar-refractivity contribution in [3.63, 3.8) is 0 Å². The average molecular weight is 327 g/mol. The summed E-state index contributed by atoms with van der Waals surface area (Å²) in [4.78, 5) is 19.1. The maximum absolute atomic E-state index is 9.55. The number of carbonyl (C=O) groups is 2. The highest BCUT2D eigenvalue weighted by molar-refractivity contribution is 5.89. The lowest BCUT2D eigenvalue weighted by Gasteiger charge is -2.11. The average Bonchev–Trinajstić information content (AvgIpc) is 2.56. The molecule has 24 heavy (non-hydrogen) atoms. The van der Waals surface area contributed by atoms with Gasteiger partial charge in [-0.3, -0.25) is 0 Å². The van der Waals surface area contributed by atoms with Crippen LogP contribution in [-0.2, 0) is 16.1 Å². The van der Waals surface area contributed by atoms with E-state index in [9.17, 15) is 9.59 Å². The van der Waals surface area contributed by atoms with Gasteiger partial charge in [0, 0.05) is 24.4 Å². The van der Waals surface area contributed by atoms with E-state index in [4.69, 9.17) is 10.2 Å². The van der Waals surface area contributed by atoms with Crippen LogP contribution in [-0.4, -0.2) is 22.2 Å². The topological polar surface area (TPSA) is 86.6 Å². The molecule has 0 aliphatic rings. The zero-order valence-corrected chi connectivity index (χ0v) is 13.7. The molecule has 0 aromatic heterocycles. The van der Waals surface area contributed by atoms with Crippen molar-refractivity contribution in [1.82, 2.24) is 0 Å². The van der Waals surface area contributed by atoms with Crippen molar-refractivity contribution >= 4 is 17.6 Å². The highest BCUT2D eigenvalue weighted by atomic mass is 16.4. The van der Waals surface area contributed by atoms with Crippen LogP contribution in [0.4, 0.5) is 5.69 Å². The zero-order valence-electron chi connectivity index (χ0n) is 13.7. The SMILES string of the molecule is Cc1cccc(NCc2ccccc2)c1C.O=C(O)/C=C\C(=O)O. The quantitative estimate of drug-likeness (QED) is 0.730. The highest BCUT2D eigenvalue weighted by Crippen LogP contribution is 2.18. The number of carboxylic acid groups (broad SMARTS) is 2. The van der Waals surface area contributed by atoms with E-state index in [0.29, 0.717) is 12.2 Å². The van der Waals surface area contributed by atoms with Crippen molar-refractivity contribution in [3.8, 4) is 0 Å². The van der Waals surface area contributed by atoms with Gasteiger partial charge in [0.25, 0.3) is 0 Å². The van der Waals surface area contributed by atoms with Gasteiger partial charge in [0.1, 0.15) is 0 Å². The minimum absolute atomic E-state index is 0.558. The number of rotatable bonds is 5. The van der Waals surface area contributed by atoms with Gasteiger partial charge in [0.2, 0.25) is 0 Å². The van der Waals surface area contributed by atoms with E-state index in [1.54, 1.807) is 0 Å². The van der Waals surface area contributed by atoms with E-state index in [1.807, 2.05) is 6.07 Å². The minimum atomic E-state index is -1.26. The van der Waals surface area contributed by atoms with Gasteiger partial charge in [-0.25, -0.2) is 9.59 Å². The number of carboxylic acids is 2.